The van der Waals surface area contributed by atoms with Crippen LogP contribution in [0.15, 0.2) is 24.3 Å². The Labute approximate surface area is 125 Å². The molecule has 2 rings (SSSR count). The summed E-state index contributed by atoms with van der Waals surface area (Å²) in [5.41, 5.74) is 4.40. The third-order valence-corrected chi connectivity index (χ3v) is 4.10. The molecular formula is C16H24N2O3. The number of primary amides is 1. The highest BCUT2D eigenvalue weighted by Crippen LogP contribution is 2.46. The maximum atomic E-state index is 12.2. The lowest BCUT2D eigenvalue weighted by Gasteiger charge is -2.38. The van der Waals surface area contributed by atoms with Crippen molar-refractivity contribution in [3.8, 4) is 5.75 Å². The Morgan fingerprint density at radius 2 is 2.00 bits per heavy atom. The Hall–Kier alpha value is -1.75. The average Bonchev–Trinajstić information content (AvgIpc) is 2.55. The van der Waals surface area contributed by atoms with Gasteiger partial charge in [-0.15, -0.1) is 0 Å². The number of carbonyl (C=O) groups excluding carboxylic acids is 1. The van der Waals surface area contributed by atoms with Crippen LogP contribution >= 0.6 is 0 Å². The summed E-state index contributed by atoms with van der Waals surface area (Å²) in [5.74, 6) is 0.302. The van der Waals surface area contributed by atoms with Gasteiger partial charge in [0.05, 0.1) is 18.3 Å². The molecule has 1 aliphatic heterocycles. The molecule has 1 aromatic rings. The minimum absolute atomic E-state index is 0.416. The number of hydrogen-bond donors (Lipinski definition) is 2. The fourth-order valence-corrected chi connectivity index (χ4v) is 3.25. The molecule has 21 heavy (non-hydrogen) atoms. The van der Waals surface area contributed by atoms with Gasteiger partial charge in [-0.2, -0.15) is 0 Å². The number of benzene rings is 1. The Balaban J connectivity index is 2.42. The normalized spacial score (nSPS) is 26.3. The summed E-state index contributed by atoms with van der Waals surface area (Å²) in [6.07, 6.45) is 0.500. The lowest BCUT2D eigenvalue weighted by molar-refractivity contribution is -0.129. The van der Waals surface area contributed by atoms with E-state index in [1.54, 1.807) is 7.11 Å². The Kier molecular flexibility index (Phi) is 3.66. The molecule has 116 valence electrons. The minimum atomic E-state index is -0.969. The average molecular weight is 292 g/mol. The van der Waals surface area contributed by atoms with Crippen molar-refractivity contribution < 1.29 is 14.3 Å². The van der Waals surface area contributed by atoms with E-state index in [-0.39, 0.29) is 0 Å². The van der Waals surface area contributed by atoms with Crippen LogP contribution < -0.4 is 15.8 Å². The maximum Gasteiger partial charge on any atom is 0.246 e. The van der Waals surface area contributed by atoms with E-state index in [2.05, 4.69) is 5.32 Å². The number of nitrogens with two attached hydrogens (primary N) is 1. The van der Waals surface area contributed by atoms with Crippen LogP contribution in [0, 0.1) is 0 Å². The SMILES string of the molecule is COc1cccc(NC2(C(N)=O)CC(C)(C)OC2(C)C)c1. The van der Waals surface area contributed by atoms with Gasteiger partial charge in [0.25, 0.3) is 0 Å². The van der Waals surface area contributed by atoms with Crippen LogP contribution in [0.1, 0.15) is 34.1 Å². The zero-order valence-electron chi connectivity index (χ0n) is 13.3. The van der Waals surface area contributed by atoms with E-state index in [0.717, 1.165) is 11.4 Å². The van der Waals surface area contributed by atoms with Crippen LogP contribution in [-0.2, 0) is 9.53 Å². The molecule has 5 nitrogen and oxygen atoms in total. The van der Waals surface area contributed by atoms with Gasteiger partial charge in [-0.05, 0) is 39.8 Å². The zero-order chi connectivity index (χ0) is 15.9. The van der Waals surface area contributed by atoms with Crippen molar-refractivity contribution in [2.75, 3.05) is 12.4 Å². The predicted octanol–water partition coefficient (Wildman–Crippen LogP) is 2.31. The van der Waals surface area contributed by atoms with E-state index in [1.807, 2.05) is 52.0 Å². The van der Waals surface area contributed by atoms with Gasteiger partial charge in [0.1, 0.15) is 11.3 Å². The molecule has 3 N–H and O–H groups in total. The number of amides is 1. The van der Waals surface area contributed by atoms with E-state index >= 15 is 0 Å². The van der Waals surface area contributed by atoms with Crippen LogP contribution in [0.5, 0.6) is 5.75 Å². The van der Waals surface area contributed by atoms with Gasteiger partial charge in [0.15, 0.2) is 0 Å². The number of nitrogens with one attached hydrogen (secondary N) is 1. The molecule has 0 saturated carbocycles. The molecule has 0 spiro atoms. The third kappa shape index (κ3) is 2.70. The molecule has 0 radical (unpaired) electrons. The van der Waals surface area contributed by atoms with Crippen LogP contribution in [0.4, 0.5) is 5.69 Å². The van der Waals surface area contributed by atoms with E-state index < -0.39 is 22.6 Å². The van der Waals surface area contributed by atoms with Gasteiger partial charge >= 0.3 is 0 Å². The molecule has 1 unspecified atom stereocenters. The molecule has 1 amide bonds. The standard InChI is InChI=1S/C16H24N2O3/c1-14(2)10-16(13(17)19,15(3,4)21-14)18-11-7-6-8-12(9-11)20-5/h6-9,18H,10H2,1-5H3,(H2,17,19). The first-order chi connectivity index (χ1) is 9.62. The summed E-state index contributed by atoms with van der Waals surface area (Å²) in [4.78, 5) is 12.2. The molecule has 1 fully saturated rings. The number of hydrogen-bond acceptors (Lipinski definition) is 4. The number of rotatable bonds is 4. The van der Waals surface area contributed by atoms with Crippen molar-refractivity contribution in [2.24, 2.45) is 5.73 Å². The van der Waals surface area contributed by atoms with E-state index in [0.29, 0.717) is 6.42 Å². The zero-order valence-corrected chi connectivity index (χ0v) is 13.3. The number of methoxy groups -OCH3 is 1. The first-order valence-corrected chi connectivity index (χ1v) is 7.04. The summed E-state index contributed by atoms with van der Waals surface area (Å²) in [7, 11) is 1.61. The lowest BCUT2D eigenvalue weighted by atomic mass is 9.78. The molecule has 0 aliphatic carbocycles. The van der Waals surface area contributed by atoms with Crippen molar-refractivity contribution >= 4 is 11.6 Å². The largest absolute Gasteiger partial charge is 0.497 e. The van der Waals surface area contributed by atoms with E-state index in [9.17, 15) is 4.79 Å². The summed E-state index contributed by atoms with van der Waals surface area (Å²) in [5, 5.41) is 3.29. The van der Waals surface area contributed by atoms with Gasteiger partial charge in [0, 0.05) is 18.2 Å². The smallest absolute Gasteiger partial charge is 0.246 e. The summed E-state index contributed by atoms with van der Waals surface area (Å²) in [6, 6.07) is 7.44. The second-order valence-corrected chi connectivity index (χ2v) is 6.68. The molecule has 1 heterocycles. The van der Waals surface area contributed by atoms with E-state index in [4.69, 9.17) is 15.2 Å². The first kappa shape index (κ1) is 15.6. The molecule has 1 atom stereocenters. The van der Waals surface area contributed by atoms with Gasteiger partial charge in [-0.25, -0.2) is 0 Å². The van der Waals surface area contributed by atoms with Crippen LogP contribution in [0.2, 0.25) is 0 Å². The summed E-state index contributed by atoms with van der Waals surface area (Å²) in [6.45, 7) is 7.71. The molecule has 1 aliphatic rings. The summed E-state index contributed by atoms with van der Waals surface area (Å²) >= 11 is 0. The highest BCUT2D eigenvalue weighted by molar-refractivity contribution is 5.90. The molecule has 0 bridgehead atoms. The highest BCUT2D eigenvalue weighted by Gasteiger charge is 2.61. The van der Waals surface area contributed by atoms with Gasteiger partial charge in [0.2, 0.25) is 5.91 Å². The monoisotopic (exact) mass is 292 g/mol. The minimum Gasteiger partial charge on any atom is -0.497 e. The molecule has 1 aromatic carbocycles. The Morgan fingerprint density at radius 1 is 1.33 bits per heavy atom. The second kappa shape index (κ2) is 4.91. The van der Waals surface area contributed by atoms with Crippen LogP contribution in [0.3, 0.4) is 0 Å². The molecule has 1 saturated heterocycles. The molecular weight excluding hydrogens is 268 g/mol. The first-order valence-electron chi connectivity index (χ1n) is 7.04. The molecule has 0 aromatic heterocycles. The lowest BCUT2D eigenvalue weighted by Crippen LogP contribution is -2.61. The van der Waals surface area contributed by atoms with Gasteiger partial charge in [-0.1, -0.05) is 6.07 Å². The fourth-order valence-electron chi connectivity index (χ4n) is 3.25. The van der Waals surface area contributed by atoms with Crippen LogP contribution in [0.25, 0.3) is 0 Å². The summed E-state index contributed by atoms with van der Waals surface area (Å²) < 4.78 is 11.3. The second-order valence-electron chi connectivity index (χ2n) is 6.68. The fraction of sp³-hybridized carbons (Fsp3) is 0.562. The molecule has 5 heteroatoms. The predicted molar refractivity (Wildman–Crippen MR) is 82.4 cm³/mol. The van der Waals surface area contributed by atoms with Gasteiger partial charge in [-0.3, -0.25) is 4.79 Å². The van der Waals surface area contributed by atoms with Crippen molar-refractivity contribution in [1.29, 1.82) is 0 Å². The maximum absolute atomic E-state index is 12.2. The van der Waals surface area contributed by atoms with Gasteiger partial charge < -0.3 is 20.5 Å². The third-order valence-electron chi connectivity index (χ3n) is 4.10. The van der Waals surface area contributed by atoms with Crippen molar-refractivity contribution in [1.82, 2.24) is 0 Å². The number of ether oxygens (including phenoxy) is 2. The highest BCUT2D eigenvalue weighted by atomic mass is 16.5. The Morgan fingerprint density at radius 3 is 2.48 bits per heavy atom. The van der Waals surface area contributed by atoms with Crippen molar-refractivity contribution in [3.63, 3.8) is 0 Å². The van der Waals surface area contributed by atoms with Crippen molar-refractivity contribution in [3.05, 3.63) is 24.3 Å². The van der Waals surface area contributed by atoms with Crippen LogP contribution in [-0.4, -0.2) is 29.8 Å². The number of carbonyl (C=O) groups is 1. The number of anilines is 1. The van der Waals surface area contributed by atoms with E-state index in [1.165, 1.54) is 0 Å². The Bertz CT molecular complexity index is 554. The quantitative estimate of drug-likeness (QED) is 0.893. The van der Waals surface area contributed by atoms with Crippen molar-refractivity contribution in [2.45, 2.75) is 50.9 Å². The topological polar surface area (TPSA) is 73.6 Å².